The summed E-state index contributed by atoms with van der Waals surface area (Å²) in [6.07, 6.45) is -1.07. The van der Waals surface area contributed by atoms with E-state index >= 15 is 0 Å². The van der Waals surface area contributed by atoms with Crippen LogP contribution >= 0.6 is 54.2 Å². The van der Waals surface area contributed by atoms with Crippen molar-refractivity contribution in [2.45, 2.75) is 6.10 Å². The third-order valence-corrected chi connectivity index (χ3v) is 3.65. The summed E-state index contributed by atoms with van der Waals surface area (Å²) >= 11 is 22.9. The Bertz CT molecular complexity index is 461. The van der Waals surface area contributed by atoms with Gasteiger partial charge in [-0.15, -0.1) is 11.6 Å². The molecule has 0 amide bonds. The number of alkyl halides is 1. The van der Waals surface area contributed by atoms with Gasteiger partial charge in [-0.2, -0.15) is 0 Å². The zero-order valence-electron chi connectivity index (χ0n) is 8.11. The second-order valence-corrected chi connectivity index (χ2v) is 5.75. The molecule has 9 heteroatoms. The van der Waals surface area contributed by atoms with Crippen LogP contribution in [0.1, 0.15) is 11.7 Å². The van der Waals surface area contributed by atoms with Gasteiger partial charge in [0, 0.05) is 10.6 Å². The summed E-state index contributed by atoms with van der Waals surface area (Å²) in [5, 5.41) is 0.582. The zero-order chi connectivity index (χ0) is 13.2. The summed E-state index contributed by atoms with van der Waals surface area (Å²) in [6, 6.07) is 2.71. The van der Waals surface area contributed by atoms with E-state index in [1.807, 2.05) is 0 Å². The molecule has 0 aliphatic carbocycles. The molecular weight excluding hydrogens is 333 g/mol. The third-order valence-electron chi connectivity index (χ3n) is 1.79. The molecule has 1 atom stereocenters. The summed E-state index contributed by atoms with van der Waals surface area (Å²) < 4.78 is 15.2. The molecular formula is C8H7Cl4O4P. The molecule has 0 spiro atoms. The average Bonchev–Trinajstić information content (AvgIpc) is 2.19. The molecule has 96 valence electrons. The summed E-state index contributed by atoms with van der Waals surface area (Å²) in [6.45, 7) is 0. The molecule has 1 aromatic carbocycles. The Kier molecular flexibility index (Phi) is 5.57. The lowest BCUT2D eigenvalue weighted by molar-refractivity contribution is 0.148. The Morgan fingerprint density at radius 3 is 2.18 bits per heavy atom. The van der Waals surface area contributed by atoms with E-state index in [1.165, 1.54) is 12.1 Å². The van der Waals surface area contributed by atoms with Crippen LogP contribution in [-0.4, -0.2) is 15.7 Å². The van der Waals surface area contributed by atoms with E-state index in [4.69, 9.17) is 56.2 Å². The van der Waals surface area contributed by atoms with Gasteiger partial charge in [-0.3, -0.25) is 4.52 Å². The van der Waals surface area contributed by atoms with Gasteiger partial charge < -0.3 is 9.79 Å². The number of halogens is 4. The van der Waals surface area contributed by atoms with Crippen molar-refractivity contribution >= 4 is 54.2 Å². The van der Waals surface area contributed by atoms with Gasteiger partial charge in [0.2, 0.25) is 0 Å². The van der Waals surface area contributed by atoms with Crippen molar-refractivity contribution in [2.75, 3.05) is 5.88 Å². The minimum Gasteiger partial charge on any atom is -0.303 e. The van der Waals surface area contributed by atoms with E-state index in [1.54, 1.807) is 0 Å². The molecule has 0 fully saturated rings. The van der Waals surface area contributed by atoms with Crippen molar-refractivity contribution in [2.24, 2.45) is 0 Å². The largest absolute Gasteiger partial charge is 0.470 e. The molecule has 0 saturated carbocycles. The van der Waals surface area contributed by atoms with Gasteiger partial charge in [-0.25, -0.2) is 4.57 Å². The number of phosphoric acid groups is 1. The summed E-state index contributed by atoms with van der Waals surface area (Å²) in [7, 11) is -4.67. The Morgan fingerprint density at radius 1 is 1.18 bits per heavy atom. The molecule has 1 unspecified atom stereocenters. The molecule has 0 aliphatic rings. The van der Waals surface area contributed by atoms with E-state index in [9.17, 15) is 4.57 Å². The highest BCUT2D eigenvalue weighted by Crippen LogP contribution is 2.45. The van der Waals surface area contributed by atoms with E-state index < -0.39 is 13.9 Å². The number of benzene rings is 1. The smallest absolute Gasteiger partial charge is 0.303 e. The van der Waals surface area contributed by atoms with Gasteiger partial charge in [-0.05, 0) is 12.1 Å². The second kappa shape index (κ2) is 6.09. The molecule has 0 bridgehead atoms. The van der Waals surface area contributed by atoms with Gasteiger partial charge >= 0.3 is 7.82 Å². The van der Waals surface area contributed by atoms with Crippen LogP contribution in [0.25, 0.3) is 0 Å². The van der Waals surface area contributed by atoms with Crippen LogP contribution in [0.5, 0.6) is 0 Å². The zero-order valence-corrected chi connectivity index (χ0v) is 12.0. The predicted octanol–water partition coefficient (Wildman–Crippen LogP) is 4.04. The summed E-state index contributed by atoms with van der Waals surface area (Å²) in [4.78, 5) is 17.4. The fourth-order valence-electron chi connectivity index (χ4n) is 1.12. The van der Waals surface area contributed by atoms with Crippen molar-refractivity contribution in [3.63, 3.8) is 0 Å². The van der Waals surface area contributed by atoms with Crippen molar-refractivity contribution in [1.29, 1.82) is 0 Å². The van der Waals surface area contributed by atoms with Gasteiger partial charge in [0.1, 0.15) is 6.10 Å². The van der Waals surface area contributed by atoms with Crippen LogP contribution in [-0.2, 0) is 9.09 Å². The average molecular weight is 340 g/mol. The standard InChI is InChI=1S/C8H7Cl4O4P/c9-3-8(16-17(13,14)15)4-1-6(11)7(12)2-5(4)10/h1-2,8H,3H2,(H2,13,14,15). The van der Waals surface area contributed by atoms with Gasteiger partial charge in [0.15, 0.2) is 0 Å². The van der Waals surface area contributed by atoms with Gasteiger partial charge in [0.05, 0.1) is 15.9 Å². The lowest BCUT2D eigenvalue weighted by atomic mass is 10.1. The summed E-state index contributed by atoms with van der Waals surface area (Å²) in [5.41, 5.74) is 0.263. The molecule has 17 heavy (non-hydrogen) atoms. The molecule has 4 nitrogen and oxygen atoms in total. The number of hydrogen-bond acceptors (Lipinski definition) is 2. The Labute approximate surface area is 118 Å². The normalized spacial score (nSPS) is 13.8. The molecule has 0 aromatic heterocycles. The number of hydrogen-bond donors (Lipinski definition) is 2. The maximum Gasteiger partial charge on any atom is 0.470 e. The quantitative estimate of drug-likeness (QED) is 0.493. The number of phosphoric ester groups is 1. The van der Waals surface area contributed by atoms with Crippen molar-refractivity contribution < 1.29 is 18.9 Å². The van der Waals surface area contributed by atoms with Gasteiger partial charge in [-0.1, -0.05) is 34.8 Å². The van der Waals surface area contributed by atoms with Crippen LogP contribution in [0.15, 0.2) is 12.1 Å². The van der Waals surface area contributed by atoms with Crippen LogP contribution < -0.4 is 0 Å². The van der Waals surface area contributed by atoms with E-state index in [0.717, 1.165) is 0 Å². The Hall–Kier alpha value is 0.490. The highest BCUT2D eigenvalue weighted by atomic mass is 35.5. The molecule has 0 aliphatic heterocycles. The fraction of sp³-hybridized carbons (Fsp3) is 0.250. The number of rotatable bonds is 4. The van der Waals surface area contributed by atoms with Crippen LogP contribution in [0.3, 0.4) is 0 Å². The van der Waals surface area contributed by atoms with E-state index in [-0.39, 0.29) is 26.5 Å². The van der Waals surface area contributed by atoms with Crippen LogP contribution in [0.4, 0.5) is 0 Å². The molecule has 1 aromatic rings. The third kappa shape index (κ3) is 4.58. The first kappa shape index (κ1) is 15.5. The Balaban J connectivity index is 3.12. The highest BCUT2D eigenvalue weighted by molar-refractivity contribution is 7.46. The predicted molar refractivity (Wildman–Crippen MR) is 68.1 cm³/mol. The molecule has 0 saturated heterocycles. The van der Waals surface area contributed by atoms with E-state index in [2.05, 4.69) is 4.52 Å². The lowest BCUT2D eigenvalue weighted by Gasteiger charge is -2.17. The molecule has 0 heterocycles. The minimum atomic E-state index is -4.67. The van der Waals surface area contributed by atoms with E-state index in [0.29, 0.717) is 0 Å². The minimum absolute atomic E-state index is 0.165. The maximum atomic E-state index is 10.7. The van der Waals surface area contributed by atoms with Crippen LogP contribution in [0, 0.1) is 0 Å². The first-order chi connectivity index (χ1) is 7.74. The highest BCUT2D eigenvalue weighted by Gasteiger charge is 2.25. The SMILES string of the molecule is O=P(O)(O)OC(CCl)c1cc(Cl)c(Cl)cc1Cl. The monoisotopic (exact) mass is 338 g/mol. The lowest BCUT2D eigenvalue weighted by Crippen LogP contribution is -2.05. The van der Waals surface area contributed by atoms with Gasteiger partial charge in [0.25, 0.3) is 0 Å². The topological polar surface area (TPSA) is 66.8 Å². The van der Waals surface area contributed by atoms with Crippen molar-refractivity contribution in [1.82, 2.24) is 0 Å². The first-order valence-electron chi connectivity index (χ1n) is 4.19. The maximum absolute atomic E-state index is 10.7. The fourth-order valence-corrected chi connectivity index (χ4v) is 2.63. The van der Waals surface area contributed by atoms with Crippen molar-refractivity contribution in [3.05, 3.63) is 32.8 Å². The van der Waals surface area contributed by atoms with Crippen LogP contribution in [0.2, 0.25) is 15.1 Å². The molecule has 1 rings (SSSR count). The molecule has 0 radical (unpaired) electrons. The Morgan fingerprint density at radius 2 is 1.71 bits per heavy atom. The summed E-state index contributed by atoms with van der Waals surface area (Å²) in [5.74, 6) is -0.192. The van der Waals surface area contributed by atoms with Crippen molar-refractivity contribution in [3.8, 4) is 0 Å². The first-order valence-corrected chi connectivity index (χ1v) is 7.39. The second-order valence-electron chi connectivity index (χ2n) is 3.03. The molecule has 2 N–H and O–H groups in total.